The number of ether oxygens (including phenoxy) is 8. The van der Waals surface area contributed by atoms with Crippen LogP contribution in [0, 0.1) is 43.5 Å². The number of nitrogens with two attached hydrogens (primary N) is 2. The van der Waals surface area contributed by atoms with Crippen molar-refractivity contribution in [2.45, 2.75) is 56.5 Å². The summed E-state index contributed by atoms with van der Waals surface area (Å²) in [6.07, 6.45) is -47.2. The van der Waals surface area contributed by atoms with E-state index >= 15 is 0 Å². The van der Waals surface area contributed by atoms with Crippen LogP contribution >= 0.6 is 0 Å². The third kappa shape index (κ3) is 46.7. The van der Waals surface area contributed by atoms with E-state index in [1.807, 2.05) is 0 Å². The molecule has 2 saturated heterocycles. The summed E-state index contributed by atoms with van der Waals surface area (Å²) in [5.74, 6) is -20.4. The Labute approximate surface area is 615 Å². The number of amides is 2. The first kappa shape index (κ1) is 104. The molecule has 2 fully saturated rings. The molecule has 0 radical (unpaired) electrons. The number of nitrogen functional groups attached to an aromatic ring is 2. The molecule has 2 amide bonds. The molecule has 115 heavy (non-hydrogen) atoms. The Morgan fingerprint density at radius 3 is 1.25 bits per heavy atom. The van der Waals surface area contributed by atoms with E-state index in [4.69, 9.17) is 30.8 Å². The van der Waals surface area contributed by atoms with Crippen molar-refractivity contribution in [3.63, 3.8) is 0 Å². The number of nitrogens with zero attached hydrogens (tertiary/aromatic N) is 3. The largest absolute Gasteiger partial charge is 0.573 e. The van der Waals surface area contributed by atoms with Crippen molar-refractivity contribution in [1.82, 2.24) is 11.0 Å². The monoisotopic (exact) mass is 1770 g/mol. The summed E-state index contributed by atoms with van der Waals surface area (Å²) in [7, 11) is 0. The summed E-state index contributed by atoms with van der Waals surface area (Å²) in [6, 6.07) is 8.84. The van der Waals surface area contributed by atoms with E-state index in [9.17, 15) is 180 Å². The number of esters is 2. The van der Waals surface area contributed by atoms with Gasteiger partial charge in [-0.15, -0.1) is 70.1 Å². The zero-order chi connectivity index (χ0) is 89.2. The van der Waals surface area contributed by atoms with E-state index in [2.05, 4.69) is 53.1 Å². The standard InChI is InChI=1S/C11H12F3N3O4.C9H3F7N2O4.C9H4F7NO2.C7H5F4NO.C7H4F4O.C4F6O3.C4H9NO.H3NO7S/c12-11(13,14)21-10-6-9(17(18)19)8(5-7(10)15)16-1-3-20-4-2-16;10-3-1-4(17-7(19)8(11,12)13)6(22-9(14,15)16)2-5(3)18(20)21;10-4-1-2-6(19-9(14,15)16)5(3-4)17-7(18)8(11,12)13;8-4-1-2-6(5(12)3-4)13-7(9,10)11;8-5-1-3-6(4-2-5)12-7(9,10)11;5-3(6,7)1(11)13-2(12)4(8,9)10;1-3-6-4-2-5-1;2-7-8-5-1-6-9(3)4/h5-6H,1-4,15H2;1-2H,(H,17,19);1-3H,(H,17,18);1-3H,12H2;1-4H;;5H,1-4H2;1-2H,(H,3,4). The molecule has 64 heteroatoms. The molecule has 5 aromatic rings. The van der Waals surface area contributed by atoms with Crippen LogP contribution in [0.2, 0.25) is 0 Å². The van der Waals surface area contributed by atoms with Gasteiger partial charge >= 0.3 is 97.3 Å². The van der Waals surface area contributed by atoms with Crippen LogP contribution in [0.5, 0.6) is 28.7 Å². The maximum absolute atomic E-state index is 13.2. The molecule has 0 saturated carbocycles. The molecule has 0 spiro atoms. The lowest BCUT2D eigenvalue weighted by Gasteiger charge is -2.28. The fourth-order valence-corrected chi connectivity index (χ4v) is 6.43. The smallest absolute Gasteiger partial charge is 0.406 e. The van der Waals surface area contributed by atoms with E-state index in [0.717, 1.165) is 85.5 Å². The first-order valence-electron chi connectivity index (χ1n) is 27.6. The Hall–Kier alpha value is -11.0. The molecule has 650 valence electrons. The van der Waals surface area contributed by atoms with Gasteiger partial charge in [-0.3, -0.25) is 34.4 Å². The van der Waals surface area contributed by atoms with Crippen LogP contribution in [0.15, 0.2) is 84.9 Å². The highest BCUT2D eigenvalue weighted by molar-refractivity contribution is 7.74. The molecular formula is C51H40F31N9O23S. The Morgan fingerprint density at radius 1 is 0.487 bits per heavy atom. The summed E-state index contributed by atoms with van der Waals surface area (Å²) in [5, 5.41) is 40.1. The molecule has 2 aliphatic heterocycles. The van der Waals surface area contributed by atoms with Gasteiger partial charge in [0.25, 0.3) is 5.69 Å². The zero-order valence-electron chi connectivity index (χ0n) is 54.3. The third-order valence-corrected chi connectivity index (χ3v) is 10.7. The number of morpholine rings is 2. The Bertz CT molecular complexity index is 3920. The Kier molecular flexibility index (Phi) is 41.4. The average Bonchev–Trinajstić information content (AvgIpc) is 0.808. The second kappa shape index (κ2) is 45.7. The maximum atomic E-state index is 13.2. The first-order chi connectivity index (χ1) is 52.2. The molecule has 7 rings (SSSR count). The molecule has 0 bridgehead atoms. The number of halogens is 31. The van der Waals surface area contributed by atoms with Crippen LogP contribution in [-0.2, 0) is 64.1 Å². The molecule has 10 N–H and O–H groups in total. The van der Waals surface area contributed by atoms with E-state index < -0.39 is 182 Å². The van der Waals surface area contributed by atoms with Crippen LogP contribution in [-0.4, -0.2) is 157 Å². The van der Waals surface area contributed by atoms with Crippen molar-refractivity contribution in [2.24, 2.45) is 0 Å². The molecule has 0 aliphatic carbocycles. The fourth-order valence-electron chi connectivity index (χ4n) is 6.34. The predicted octanol–water partition coefficient (Wildman–Crippen LogP) is 13.0. The number of carbonyl (C=O) groups is 4. The van der Waals surface area contributed by atoms with E-state index in [-0.39, 0.29) is 29.6 Å². The molecular weight excluding hydrogens is 1730 g/mol. The van der Waals surface area contributed by atoms with Crippen LogP contribution in [0.4, 0.5) is 176 Å². The minimum atomic E-state index is -5.62. The lowest BCUT2D eigenvalue weighted by molar-refractivity contribution is -0.647. The van der Waals surface area contributed by atoms with Crippen LogP contribution in [0.3, 0.4) is 0 Å². The number of carbonyl (C=O) groups excluding carboxylic acids is 4. The number of nitro benzene ring substituents is 2. The average molecular weight is 1770 g/mol. The lowest BCUT2D eigenvalue weighted by atomic mass is 10.2. The van der Waals surface area contributed by atoms with Gasteiger partial charge in [0.1, 0.15) is 28.9 Å². The lowest BCUT2D eigenvalue weighted by Crippen LogP contribution is -2.36. The Balaban J connectivity index is 0.00000132. The van der Waals surface area contributed by atoms with Gasteiger partial charge in [-0.1, -0.05) is 4.99 Å². The third-order valence-electron chi connectivity index (χ3n) is 10.5. The number of anilines is 5. The predicted molar refractivity (Wildman–Crippen MR) is 308 cm³/mol. The minimum Gasteiger partial charge on any atom is -0.406 e. The zero-order valence-corrected chi connectivity index (χ0v) is 55.1. The number of hydrogen-bond donors (Lipinski definition) is 8. The van der Waals surface area contributed by atoms with E-state index in [1.54, 1.807) is 4.90 Å². The minimum absolute atomic E-state index is 0.0944. The summed E-state index contributed by atoms with van der Waals surface area (Å²) in [6.45, 7) is 5.36. The van der Waals surface area contributed by atoms with Crippen molar-refractivity contribution >= 4 is 74.9 Å². The topological polar surface area (TPSA) is 426 Å². The number of rotatable bonds is 15. The highest BCUT2D eigenvalue weighted by Crippen LogP contribution is 2.41. The number of hydrogen-bond acceptors (Lipinski definition) is 27. The van der Waals surface area contributed by atoms with Gasteiger partial charge in [-0.05, 0) is 70.3 Å². The normalized spacial score (nSPS) is 13.4. The molecule has 32 nitrogen and oxygen atoms in total. The quantitative estimate of drug-likeness (QED) is 0.00555. The van der Waals surface area contributed by atoms with Crippen molar-refractivity contribution in [2.75, 3.05) is 79.6 Å². The van der Waals surface area contributed by atoms with Crippen molar-refractivity contribution in [3.05, 3.63) is 128 Å². The van der Waals surface area contributed by atoms with Gasteiger partial charge < -0.3 is 70.2 Å². The molecule has 2 heterocycles. The molecule has 1 unspecified atom stereocenters. The molecule has 0 aromatic heterocycles. The SMILES string of the molecule is C1COCCN1.Fc1ccc(OC(F)(F)F)cc1.Nc1cc(F)ccc1OC(F)(F)F.Nc1cc(N2CCOCC2)c([N+](=O)[O-])cc1OC(F)(F)F.O=C(Nc1cc(F)c([N+](=O)[O-])cc1OC(F)(F)F)C(F)(F)F.O=C(Nc1cc(F)ccc1OC(F)(F)F)C(F)(F)F.O=C(OC(=O)C(F)(F)F)C(F)(F)F.O=S(O)ONOOOO. The van der Waals surface area contributed by atoms with E-state index in [1.165, 1.54) is 5.64 Å². The number of benzene rings is 5. The number of nitro groups is 2. The van der Waals surface area contributed by atoms with Gasteiger partial charge in [0, 0.05) is 44.4 Å². The van der Waals surface area contributed by atoms with Gasteiger partial charge in [-0.25, -0.2) is 28.0 Å². The Morgan fingerprint density at radius 2 is 0.870 bits per heavy atom. The van der Waals surface area contributed by atoms with Crippen molar-refractivity contribution in [3.8, 4) is 28.7 Å². The summed E-state index contributed by atoms with van der Waals surface area (Å²) < 4.78 is 419. The summed E-state index contributed by atoms with van der Waals surface area (Å²) >= 11 is -2.52. The molecule has 2 aliphatic rings. The van der Waals surface area contributed by atoms with Crippen LogP contribution in [0.25, 0.3) is 0 Å². The van der Waals surface area contributed by atoms with Crippen molar-refractivity contribution in [1.29, 1.82) is 0 Å². The second-order valence-electron chi connectivity index (χ2n) is 18.9. The van der Waals surface area contributed by atoms with Gasteiger partial charge in [0.15, 0.2) is 23.0 Å². The summed E-state index contributed by atoms with van der Waals surface area (Å²) in [5.41, 5.74) is 6.89. The van der Waals surface area contributed by atoms with Crippen LogP contribution in [0.1, 0.15) is 0 Å². The highest BCUT2D eigenvalue weighted by Gasteiger charge is 2.50. The summed E-state index contributed by atoms with van der Waals surface area (Å²) in [4.78, 5) is 64.9. The molecule has 5 aromatic carbocycles. The molecule has 1 atom stereocenters. The number of alkyl halides is 27. The maximum Gasteiger partial charge on any atom is 0.573 e. The first-order valence-corrected chi connectivity index (χ1v) is 28.7. The van der Waals surface area contributed by atoms with Gasteiger partial charge in [-0.2, -0.15) is 61.3 Å². The van der Waals surface area contributed by atoms with Crippen molar-refractivity contribution < 1.29 is 236 Å². The van der Waals surface area contributed by atoms with Gasteiger partial charge in [0.2, 0.25) is 5.82 Å². The fraction of sp³-hybridized carbons (Fsp3) is 0.333. The second-order valence-corrected chi connectivity index (χ2v) is 19.5. The van der Waals surface area contributed by atoms with Gasteiger partial charge in [0.05, 0.1) is 71.2 Å². The highest BCUT2D eigenvalue weighted by atomic mass is 32.2. The van der Waals surface area contributed by atoms with Crippen LogP contribution < -0.4 is 61.6 Å². The number of nitrogens with one attached hydrogen (secondary N) is 4. The van der Waals surface area contributed by atoms with E-state index in [0.29, 0.717) is 44.5 Å².